The van der Waals surface area contributed by atoms with E-state index in [0.29, 0.717) is 17.9 Å². The number of urea groups is 1. The van der Waals surface area contributed by atoms with Crippen molar-refractivity contribution in [2.75, 3.05) is 25.1 Å². The van der Waals surface area contributed by atoms with Crippen molar-refractivity contribution in [1.82, 2.24) is 10.6 Å². The van der Waals surface area contributed by atoms with E-state index in [1.165, 1.54) is 6.92 Å². The Kier molecular flexibility index (Phi) is 12.0. The molecule has 0 bridgehead atoms. The molecule has 0 saturated carbocycles. The number of carbonyl (C=O) groups excluding carboxylic acids is 3. The molecule has 0 aliphatic rings. The van der Waals surface area contributed by atoms with Gasteiger partial charge in [0.25, 0.3) is 0 Å². The average molecular weight is 542 g/mol. The predicted octanol–water partition coefficient (Wildman–Crippen LogP) is 2.15. The topological polar surface area (TPSA) is 146 Å². The molecule has 0 aliphatic carbocycles. The van der Waals surface area contributed by atoms with E-state index < -0.39 is 36.3 Å². The van der Waals surface area contributed by atoms with Gasteiger partial charge < -0.3 is 35.6 Å². The minimum Gasteiger partial charge on any atom is -0.491 e. The van der Waals surface area contributed by atoms with Gasteiger partial charge in [0, 0.05) is 18.3 Å². The minimum absolute atomic E-state index is 0.0762. The van der Waals surface area contributed by atoms with E-state index in [1.807, 2.05) is 18.2 Å². The fraction of sp³-hybridized carbons (Fsp3) is 0.400. The van der Waals surface area contributed by atoms with Gasteiger partial charge in [0.05, 0.1) is 6.61 Å². The van der Waals surface area contributed by atoms with Crippen molar-refractivity contribution in [3.8, 4) is 5.75 Å². The van der Waals surface area contributed by atoms with Crippen molar-refractivity contribution in [2.45, 2.75) is 44.1 Å². The highest BCUT2D eigenvalue weighted by molar-refractivity contribution is 5.95. The minimum atomic E-state index is -5.33. The summed E-state index contributed by atoms with van der Waals surface area (Å²) in [7, 11) is 0. The second-order valence-electron chi connectivity index (χ2n) is 8.23. The summed E-state index contributed by atoms with van der Waals surface area (Å²) in [5.41, 5.74) is 1.13. The summed E-state index contributed by atoms with van der Waals surface area (Å²) >= 11 is 0. The molecule has 0 heterocycles. The lowest BCUT2D eigenvalue weighted by molar-refractivity contribution is -0.202. The van der Waals surface area contributed by atoms with Crippen LogP contribution in [0, 0.1) is 0 Å². The van der Waals surface area contributed by atoms with E-state index in [2.05, 4.69) is 20.7 Å². The van der Waals surface area contributed by atoms with Crippen molar-refractivity contribution in [2.24, 2.45) is 0 Å². The molecule has 38 heavy (non-hydrogen) atoms. The Morgan fingerprint density at radius 1 is 1.03 bits per heavy atom. The summed E-state index contributed by atoms with van der Waals surface area (Å²) in [6, 6.07) is 12.8. The first-order valence-electron chi connectivity index (χ1n) is 11.7. The van der Waals surface area contributed by atoms with Crippen molar-refractivity contribution in [1.29, 1.82) is 0 Å². The van der Waals surface area contributed by atoms with Crippen molar-refractivity contribution in [3.05, 3.63) is 60.2 Å². The van der Waals surface area contributed by atoms with Crippen molar-refractivity contribution >= 4 is 23.7 Å². The molecule has 0 radical (unpaired) electrons. The maximum atomic E-state index is 12.3. The van der Waals surface area contributed by atoms with Crippen LogP contribution in [0.4, 0.5) is 23.7 Å². The van der Waals surface area contributed by atoms with Crippen LogP contribution in [0.5, 0.6) is 5.75 Å². The third kappa shape index (κ3) is 10.7. The Morgan fingerprint density at radius 2 is 1.68 bits per heavy atom. The molecule has 2 amide bonds. The quantitative estimate of drug-likeness (QED) is 0.192. The number of amides is 2. The number of hydrogen-bond donors (Lipinski definition) is 5. The Bertz CT molecular complexity index is 1040. The summed E-state index contributed by atoms with van der Waals surface area (Å²) in [4.78, 5) is 34.7. The van der Waals surface area contributed by atoms with Gasteiger partial charge in [0.2, 0.25) is 0 Å². The van der Waals surface area contributed by atoms with Gasteiger partial charge in [-0.15, -0.1) is 0 Å². The largest absolute Gasteiger partial charge is 0.491 e. The standard InChI is InChI=1S/C25H30F3N3O7/c1-2-21(22(34)38-23(35)25(26,27)28)31-24(36)30-17-10-8-16(9-11-17)12-18(14-32)29-13-19(33)15-37-20-6-4-3-5-7-20/h3-11,18-19,21,29,32-33H,2,12-15H2,1H3,(H2,30,31,36)/t18-,19-,21?/m0/s1. The van der Waals surface area contributed by atoms with Gasteiger partial charge in [-0.25, -0.2) is 14.4 Å². The van der Waals surface area contributed by atoms with Gasteiger partial charge >= 0.3 is 24.1 Å². The molecule has 5 N–H and O–H groups in total. The number of esters is 2. The predicted molar refractivity (Wildman–Crippen MR) is 130 cm³/mol. The van der Waals surface area contributed by atoms with Crippen LogP contribution in [0.3, 0.4) is 0 Å². The zero-order chi connectivity index (χ0) is 28.1. The first-order valence-corrected chi connectivity index (χ1v) is 11.7. The molecule has 13 heteroatoms. The van der Waals surface area contributed by atoms with Gasteiger partial charge in [-0.2, -0.15) is 13.2 Å². The molecule has 1 unspecified atom stereocenters. The fourth-order valence-corrected chi connectivity index (χ4v) is 3.15. The van der Waals surface area contributed by atoms with Crippen molar-refractivity contribution in [3.63, 3.8) is 0 Å². The molecule has 3 atom stereocenters. The number of rotatable bonds is 13. The molecule has 0 spiro atoms. The van der Waals surface area contributed by atoms with Crippen LogP contribution in [0.25, 0.3) is 0 Å². The third-order valence-electron chi connectivity index (χ3n) is 5.16. The van der Waals surface area contributed by atoms with Gasteiger partial charge in [-0.3, -0.25) is 0 Å². The van der Waals surface area contributed by atoms with Crippen LogP contribution in [0.15, 0.2) is 54.6 Å². The van der Waals surface area contributed by atoms with Crippen molar-refractivity contribution < 1.29 is 47.2 Å². The monoisotopic (exact) mass is 541 g/mol. The van der Waals surface area contributed by atoms with Crippen LogP contribution < -0.4 is 20.7 Å². The number of carbonyl (C=O) groups is 3. The number of halogens is 3. The van der Waals surface area contributed by atoms with E-state index in [9.17, 15) is 37.8 Å². The highest BCUT2D eigenvalue weighted by Crippen LogP contribution is 2.17. The lowest BCUT2D eigenvalue weighted by atomic mass is 10.1. The highest BCUT2D eigenvalue weighted by atomic mass is 19.4. The number of alkyl halides is 3. The molecule has 0 fully saturated rings. The molecule has 2 rings (SSSR count). The first-order chi connectivity index (χ1) is 18.0. The van der Waals surface area contributed by atoms with Crippen LogP contribution in [0.1, 0.15) is 18.9 Å². The number of ether oxygens (including phenoxy) is 2. The molecule has 0 aliphatic heterocycles. The van der Waals surface area contributed by atoms with Gasteiger partial charge in [0.15, 0.2) is 0 Å². The number of aliphatic hydroxyl groups excluding tert-OH is 2. The number of para-hydroxylation sites is 1. The van der Waals surface area contributed by atoms with E-state index in [-0.39, 0.29) is 32.2 Å². The van der Waals surface area contributed by atoms with E-state index >= 15 is 0 Å². The molecule has 0 aromatic heterocycles. The maximum absolute atomic E-state index is 12.3. The summed E-state index contributed by atoms with van der Waals surface area (Å²) in [5, 5.41) is 27.4. The van der Waals surface area contributed by atoms with Crippen LogP contribution >= 0.6 is 0 Å². The Morgan fingerprint density at radius 3 is 2.26 bits per heavy atom. The van der Waals surface area contributed by atoms with E-state index in [1.54, 1.807) is 36.4 Å². The normalized spacial score (nSPS) is 13.6. The summed E-state index contributed by atoms with van der Waals surface area (Å²) in [6.45, 7) is 1.49. The number of anilines is 1. The lowest BCUT2D eigenvalue weighted by Gasteiger charge is -2.19. The molecule has 2 aromatic rings. The van der Waals surface area contributed by atoms with Gasteiger partial charge in [0.1, 0.15) is 24.5 Å². The van der Waals surface area contributed by atoms with E-state index in [4.69, 9.17) is 4.74 Å². The Hall–Kier alpha value is -3.68. The van der Waals surface area contributed by atoms with E-state index in [0.717, 1.165) is 5.56 Å². The van der Waals surface area contributed by atoms with Gasteiger partial charge in [-0.05, 0) is 42.7 Å². The second kappa shape index (κ2) is 14.9. The molecule has 2 aromatic carbocycles. The number of benzene rings is 2. The zero-order valence-corrected chi connectivity index (χ0v) is 20.5. The SMILES string of the molecule is CCC(NC(=O)Nc1ccc(C[C@@H](CO)NC[C@H](O)COc2ccccc2)cc1)C(=O)OC(=O)C(F)(F)F. The molecule has 0 saturated heterocycles. The number of hydrogen-bond acceptors (Lipinski definition) is 8. The molecular formula is C25H30F3N3O7. The Labute approximate surface area is 217 Å². The fourth-order valence-electron chi connectivity index (χ4n) is 3.15. The van der Waals surface area contributed by atoms with Gasteiger partial charge in [-0.1, -0.05) is 37.3 Å². The zero-order valence-electron chi connectivity index (χ0n) is 20.5. The summed E-state index contributed by atoms with van der Waals surface area (Å²) in [5.74, 6) is -3.56. The molecular weight excluding hydrogens is 511 g/mol. The molecule has 10 nitrogen and oxygen atoms in total. The first kappa shape index (κ1) is 30.5. The second-order valence-corrected chi connectivity index (χ2v) is 8.23. The molecule has 208 valence electrons. The Balaban J connectivity index is 1.79. The maximum Gasteiger partial charge on any atom is 0.491 e. The lowest BCUT2D eigenvalue weighted by Crippen LogP contribution is -2.45. The third-order valence-corrected chi connectivity index (χ3v) is 5.16. The highest BCUT2D eigenvalue weighted by Gasteiger charge is 2.43. The van der Waals surface area contributed by atoms with Crippen LogP contribution in [-0.4, -0.2) is 72.3 Å². The smallest absolute Gasteiger partial charge is 0.491 e. The van der Waals surface area contributed by atoms with Crippen LogP contribution in [-0.2, 0) is 20.7 Å². The summed E-state index contributed by atoms with van der Waals surface area (Å²) < 4.78 is 46.1. The van der Waals surface area contributed by atoms with Crippen LogP contribution in [0.2, 0.25) is 0 Å². The average Bonchev–Trinajstić information content (AvgIpc) is 2.89. The number of aliphatic hydroxyl groups is 2. The summed E-state index contributed by atoms with van der Waals surface area (Å²) in [6.07, 6.45) is -5.84. The number of nitrogens with one attached hydrogen (secondary N) is 3.